The van der Waals surface area contributed by atoms with Crippen LogP contribution in [-0.4, -0.2) is 11.5 Å². The summed E-state index contributed by atoms with van der Waals surface area (Å²) in [7, 11) is 0. The first-order valence-corrected chi connectivity index (χ1v) is 17.8. The average Bonchev–Trinajstić information content (AvgIpc) is 3.48. The highest BCUT2D eigenvalue weighted by molar-refractivity contribution is 7.15. The smallest absolute Gasteiger partial charge is 0.163 e. The second kappa shape index (κ2) is 15.3. The van der Waals surface area contributed by atoms with E-state index in [-0.39, 0.29) is 11.8 Å². The van der Waals surface area contributed by atoms with Gasteiger partial charge in [-0.05, 0) is 154 Å². The fourth-order valence-corrected chi connectivity index (χ4v) is 7.72. The van der Waals surface area contributed by atoms with Crippen molar-refractivity contribution in [2.75, 3.05) is 0 Å². The molecule has 2 aromatic carbocycles. The van der Waals surface area contributed by atoms with Gasteiger partial charge in [-0.1, -0.05) is 48.9 Å². The summed E-state index contributed by atoms with van der Waals surface area (Å²) >= 11 is 1.81. The molecule has 2 heterocycles. The Labute approximate surface area is 280 Å². The zero-order valence-electron chi connectivity index (χ0n) is 28.6. The molecule has 1 aliphatic heterocycles. The third kappa shape index (κ3) is 8.03. The number of aliphatic imine (C=N–C) groups is 1. The zero-order chi connectivity index (χ0) is 32.8. The van der Waals surface area contributed by atoms with E-state index in [0.717, 1.165) is 84.1 Å². The van der Waals surface area contributed by atoms with E-state index >= 15 is 0 Å². The molecule has 2 unspecified atom stereocenters. The molecule has 0 amide bonds. The number of nitrogens with two attached hydrogens (primary N) is 1. The van der Waals surface area contributed by atoms with Gasteiger partial charge in [0.1, 0.15) is 0 Å². The van der Waals surface area contributed by atoms with Crippen LogP contribution in [0.15, 0.2) is 94.7 Å². The van der Waals surface area contributed by atoms with Gasteiger partial charge in [0.15, 0.2) is 5.78 Å². The van der Waals surface area contributed by atoms with Crippen molar-refractivity contribution in [3.05, 3.63) is 122 Å². The van der Waals surface area contributed by atoms with E-state index in [1.807, 2.05) is 17.5 Å². The van der Waals surface area contributed by atoms with Crippen LogP contribution in [0.1, 0.15) is 104 Å². The van der Waals surface area contributed by atoms with Crippen molar-refractivity contribution in [2.45, 2.75) is 99.0 Å². The van der Waals surface area contributed by atoms with Gasteiger partial charge in [-0.3, -0.25) is 9.79 Å². The third-order valence-corrected chi connectivity index (χ3v) is 10.8. The predicted octanol–water partition coefficient (Wildman–Crippen LogP) is 11.1. The topological polar surface area (TPSA) is 55.4 Å². The third-order valence-electron chi connectivity index (χ3n) is 9.76. The van der Waals surface area contributed by atoms with Crippen LogP contribution in [-0.2, 0) is 11.2 Å². The van der Waals surface area contributed by atoms with E-state index in [1.54, 1.807) is 0 Å². The Morgan fingerprint density at radius 2 is 1.80 bits per heavy atom. The molecule has 0 bridgehead atoms. The number of Topliss-reactive ketones (excluding diaryl/α,β-unsaturated/α-hetero) is 1. The second-order valence-corrected chi connectivity index (χ2v) is 14.5. The highest BCUT2D eigenvalue weighted by atomic mass is 32.1. The normalized spacial score (nSPS) is 18.3. The van der Waals surface area contributed by atoms with Crippen molar-refractivity contribution < 1.29 is 4.79 Å². The van der Waals surface area contributed by atoms with Gasteiger partial charge in [0.2, 0.25) is 0 Å². The summed E-state index contributed by atoms with van der Waals surface area (Å²) in [6.07, 6.45) is 15.9. The number of rotatable bonds is 9. The van der Waals surface area contributed by atoms with Gasteiger partial charge in [-0.15, -0.1) is 11.3 Å². The zero-order valence-corrected chi connectivity index (χ0v) is 29.4. The summed E-state index contributed by atoms with van der Waals surface area (Å²) in [5, 5.41) is 0. The number of allylic oxidation sites excluding steroid dienone is 7. The predicted molar refractivity (Wildman–Crippen MR) is 199 cm³/mol. The Kier molecular flexibility index (Phi) is 11.2. The van der Waals surface area contributed by atoms with E-state index in [1.165, 1.54) is 32.0 Å². The van der Waals surface area contributed by atoms with Crippen LogP contribution in [0.4, 0.5) is 0 Å². The summed E-state index contributed by atoms with van der Waals surface area (Å²) < 4.78 is 0. The molecule has 1 aliphatic carbocycles. The van der Waals surface area contributed by atoms with E-state index < -0.39 is 0 Å². The first-order chi connectivity index (χ1) is 22.2. The Bertz CT molecular complexity index is 1700. The lowest BCUT2D eigenvalue weighted by Gasteiger charge is -2.26. The molecular formula is C42H50N2OS. The summed E-state index contributed by atoms with van der Waals surface area (Å²) in [4.78, 5) is 21.5. The molecule has 4 heteroatoms. The monoisotopic (exact) mass is 630 g/mol. The molecule has 0 saturated carbocycles. The number of benzene rings is 2. The van der Waals surface area contributed by atoms with Gasteiger partial charge < -0.3 is 5.73 Å². The highest BCUT2D eigenvalue weighted by Gasteiger charge is 2.26. The number of carbonyl (C=O) groups is 1. The van der Waals surface area contributed by atoms with E-state index in [4.69, 9.17) is 10.7 Å². The molecule has 3 nitrogen and oxygen atoms in total. The van der Waals surface area contributed by atoms with Crippen LogP contribution in [0.2, 0.25) is 0 Å². The molecule has 2 atom stereocenters. The summed E-state index contributed by atoms with van der Waals surface area (Å²) in [5.41, 5.74) is 19.6. The molecule has 240 valence electrons. The van der Waals surface area contributed by atoms with Crippen LogP contribution < -0.4 is 5.73 Å². The van der Waals surface area contributed by atoms with Crippen molar-refractivity contribution in [1.29, 1.82) is 0 Å². The maximum atomic E-state index is 13.8. The Morgan fingerprint density at radius 3 is 2.46 bits per heavy atom. The number of hydrogen-bond donors (Lipinski definition) is 1. The van der Waals surface area contributed by atoms with Gasteiger partial charge in [0.25, 0.3) is 0 Å². The van der Waals surface area contributed by atoms with Crippen LogP contribution in [0, 0.1) is 26.7 Å². The molecule has 3 aromatic rings. The van der Waals surface area contributed by atoms with Crippen molar-refractivity contribution in [1.82, 2.24) is 0 Å². The quantitative estimate of drug-likeness (QED) is 0.239. The number of fused-ring (bicyclic) bond motifs is 1. The lowest BCUT2D eigenvalue weighted by Crippen LogP contribution is -2.17. The molecule has 0 radical (unpaired) electrons. The number of aryl methyl sites for hydroxylation is 4. The molecule has 5 rings (SSSR count). The standard InChI is InChI=1S/C42H50N2OS/c1-7-27(3)12-14-31-15-17-33(18-16-31)39(43)25-36-10-9-11-37-32(8-2)19-20-40(45)38(24-35(37)26-44-36)42-28(4)22-34(23-29(42)5)41-21-13-30(6)46-41/h7,11,13,15-18,21-24,26,32,39H,8-10,12,14,19-20,25,43H2,1-6H3. The number of thiophene rings is 1. The second-order valence-electron chi connectivity index (χ2n) is 13.2. The molecule has 1 aromatic heterocycles. The SMILES string of the molecule is CC=C(C)CCc1ccc(C(N)CC2=NC=C3C=C(c4c(C)cc(-c5ccc(C)s5)cc4C)C(=O)CCC(CC)C3=CCC2)cc1. The molecular weight excluding hydrogens is 581 g/mol. The first kappa shape index (κ1) is 33.8. The van der Waals surface area contributed by atoms with E-state index in [2.05, 4.69) is 108 Å². The number of hydrogen-bond acceptors (Lipinski definition) is 4. The number of ketones is 1. The molecule has 46 heavy (non-hydrogen) atoms. The van der Waals surface area contributed by atoms with Gasteiger partial charge in [0.05, 0.1) is 0 Å². The first-order valence-electron chi connectivity index (χ1n) is 17.0. The minimum atomic E-state index is -0.101. The van der Waals surface area contributed by atoms with E-state index in [0.29, 0.717) is 12.3 Å². The summed E-state index contributed by atoms with van der Waals surface area (Å²) in [5.74, 6) is 0.579. The lowest BCUT2D eigenvalue weighted by atomic mass is 9.79. The number of carbonyl (C=O) groups excluding carboxylic acids is 1. The lowest BCUT2D eigenvalue weighted by molar-refractivity contribution is -0.114. The number of nitrogens with zero attached hydrogens (tertiary/aromatic N) is 1. The van der Waals surface area contributed by atoms with Crippen LogP contribution in [0.25, 0.3) is 16.0 Å². The summed E-state index contributed by atoms with van der Waals surface area (Å²) in [6, 6.07) is 17.5. The highest BCUT2D eigenvalue weighted by Crippen LogP contribution is 2.39. The Hall–Kier alpha value is -3.60. The Balaban J connectivity index is 1.45. The minimum Gasteiger partial charge on any atom is -0.324 e. The average molecular weight is 631 g/mol. The van der Waals surface area contributed by atoms with Crippen molar-refractivity contribution in [2.24, 2.45) is 16.6 Å². The van der Waals surface area contributed by atoms with Gasteiger partial charge in [-0.2, -0.15) is 0 Å². The minimum absolute atomic E-state index is 0.101. The molecule has 0 spiro atoms. The molecule has 2 N–H and O–H groups in total. The van der Waals surface area contributed by atoms with Crippen LogP contribution in [0.5, 0.6) is 0 Å². The van der Waals surface area contributed by atoms with Gasteiger partial charge >= 0.3 is 0 Å². The largest absolute Gasteiger partial charge is 0.324 e. The fraction of sp³-hybridized carbons (Fsp3) is 0.381. The summed E-state index contributed by atoms with van der Waals surface area (Å²) in [6.45, 7) is 13.0. The van der Waals surface area contributed by atoms with Crippen molar-refractivity contribution in [3.8, 4) is 10.4 Å². The Morgan fingerprint density at radius 1 is 1.07 bits per heavy atom. The maximum absolute atomic E-state index is 13.8. The van der Waals surface area contributed by atoms with Crippen LogP contribution >= 0.6 is 11.3 Å². The maximum Gasteiger partial charge on any atom is 0.163 e. The molecule has 0 saturated heterocycles. The molecule has 2 aliphatic rings. The van der Waals surface area contributed by atoms with Gasteiger partial charge in [0, 0.05) is 46.1 Å². The van der Waals surface area contributed by atoms with E-state index in [9.17, 15) is 4.79 Å². The molecule has 0 fully saturated rings. The fourth-order valence-electron chi connectivity index (χ4n) is 6.87. The van der Waals surface area contributed by atoms with Crippen LogP contribution in [0.3, 0.4) is 0 Å². The van der Waals surface area contributed by atoms with Crippen molar-refractivity contribution >= 4 is 28.4 Å². The van der Waals surface area contributed by atoms with Crippen molar-refractivity contribution in [3.63, 3.8) is 0 Å². The van der Waals surface area contributed by atoms with Gasteiger partial charge in [-0.25, -0.2) is 0 Å².